The molecule has 0 aliphatic rings. The number of rotatable bonds is 3. The van der Waals surface area contributed by atoms with E-state index in [1.807, 2.05) is 12.1 Å². The van der Waals surface area contributed by atoms with E-state index in [0.717, 1.165) is 10.2 Å². The smallest absolute Gasteiger partial charge is 0.0876 e. The van der Waals surface area contributed by atoms with Crippen molar-refractivity contribution in [3.8, 4) is 0 Å². The fourth-order valence-corrected chi connectivity index (χ4v) is 1.21. The number of hydrogen-bond donors (Lipinski definition) is 2. The summed E-state index contributed by atoms with van der Waals surface area (Å²) in [6, 6.07) is 3.68. The molecule has 0 fully saturated rings. The maximum Gasteiger partial charge on any atom is 0.0876 e. The summed E-state index contributed by atoms with van der Waals surface area (Å²) in [4.78, 5) is 4.11. The highest BCUT2D eigenvalue weighted by Gasteiger charge is 2.24. The Morgan fingerprint density at radius 1 is 1.50 bits per heavy atom. The Labute approximate surface area is 91.9 Å². The molecule has 3 nitrogen and oxygen atoms in total. The predicted molar refractivity (Wildman–Crippen MR) is 57.9 cm³/mol. The zero-order valence-electron chi connectivity index (χ0n) is 8.24. The van der Waals surface area contributed by atoms with Crippen molar-refractivity contribution < 1.29 is 10.2 Å². The van der Waals surface area contributed by atoms with E-state index in [4.69, 9.17) is 0 Å². The van der Waals surface area contributed by atoms with Gasteiger partial charge in [-0.1, -0.05) is 0 Å². The van der Waals surface area contributed by atoms with Crippen molar-refractivity contribution in [1.29, 1.82) is 0 Å². The molecule has 0 aromatic carbocycles. The van der Waals surface area contributed by atoms with Crippen LogP contribution in [0.3, 0.4) is 0 Å². The highest BCUT2D eigenvalue weighted by molar-refractivity contribution is 9.10. The van der Waals surface area contributed by atoms with Crippen LogP contribution in [-0.2, 0) is 6.42 Å². The molecule has 1 unspecified atom stereocenters. The van der Waals surface area contributed by atoms with Gasteiger partial charge in [0, 0.05) is 22.8 Å². The number of pyridine rings is 1. The molecule has 0 saturated carbocycles. The number of aliphatic hydroxyl groups is 2. The average Bonchev–Trinajstić information content (AvgIpc) is 2.07. The van der Waals surface area contributed by atoms with Crippen LogP contribution in [0.25, 0.3) is 0 Å². The van der Waals surface area contributed by atoms with Gasteiger partial charge in [-0.3, -0.25) is 4.98 Å². The van der Waals surface area contributed by atoms with Gasteiger partial charge in [-0.25, -0.2) is 0 Å². The third-order valence-corrected chi connectivity index (χ3v) is 2.48. The van der Waals surface area contributed by atoms with Crippen molar-refractivity contribution in [2.75, 3.05) is 0 Å². The summed E-state index contributed by atoms with van der Waals surface area (Å²) in [5.41, 5.74) is -0.322. The zero-order chi connectivity index (χ0) is 10.8. The van der Waals surface area contributed by atoms with Gasteiger partial charge in [-0.05, 0) is 41.9 Å². The first-order valence-electron chi connectivity index (χ1n) is 4.40. The molecular weight excluding hydrogens is 246 g/mol. The van der Waals surface area contributed by atoms with E-state index >= 15 is 0 Å². The van der Waals surface area contributed by atoms with Crippen molar-refractivity contribution in [3.05, 3.63) is 28.5 Å². The van der Waals surface area contributed by atoms with Crippen LogP contribution in [0.4, 0.5) is 0 Å². The average molecular weight is 260 g/mol. The molecule has 14 heavy (non-hydrogen) atoms. The molecule has 0 aliphatic heterocycles. The monoisotopic (exact) mass is 259 g/mol. The minimum absolute atomic E-state index is 0.358. The number of nitrogens with zero attached hydrogens (tertiary/aromatic N) is 1. The molecule has 1 heterocycles. The largest absolute Gasteiger partial charge is 0.390 e. The van der Waals surface area contributed by atoms with Gasteiger partial charge in [0.05, 0.1) is 11.7 Å². The Kier molecular flexibility index (Phi) is 3.64. The molecule has 0 saturated heterocycles. The maximum atomic E-state index is 9.61. The summed E-state index contributed by atoms with van der Waals surface area (Å²) in [7, 11) is 0. The van der Waals surface area contributed by atoms with Crippen LogP contribution >= 0.6 is 15.9 Å². The van der Waals surface area contributed by atoms with Crippen molar-refractivity contribution in [2.24, 2.45) is 0 Å². The fourth-order valence-electron chi connectivity index (χ4n) is 0.975. The first-order valence-corrected chi connectivity index (χ1v) is 5.20. The number of halogens is 1. The highest BCUT2D eigenvalue weighted by atomic mass is 79.9. The second kappa shape index (κ2) is 4.38. The second-order valence-corrected chi connectivity index (χ2v) is 4.76. The minimum Gasteiger partial charge on any atom is -0.390 e. The number of hydrogen-bond acceptors (Lipinski definition) is 3. The molecule has 0 amide bonds. The van der Waals surface area contributed by atoms with Crippen LogP contribution < -0.4 is 0 Å². The molecular formula is C10H14BrNO2. The summed E-state index contributed by atoms with van der Waals surface area (Å²) in [5.74, 6) is 0. The van der Waals surface area contributed by atoms with Crippen LogP contribution in [-0.4, -0.2) is 26.9 Å². The first-order chi connectivity index (χ1) is 6.39. The summed E-state index contributed by atoms with van der Waals surface area (Å²) >= 11 is 3.28. The van der Waals surface area contributed by atoms with Crippen molar-refractivity contribution in [1.82, 2.24) is 4.98 Å². The lowest BCUT2D eigenvalue weighted by Gasteiger charge is -2.23. The van der Waals surface area contributed by atoms with E-state index in [9.17, 15) is 10.2 Å². The summed E-state index contributed by atoms with van der Waals surface area (Å²) in [6.07, 6.45) is 1.24. The SMILES string of the molecule is CC(C)(O)C(O)Cc1ccc(Br)cn1. The van der Waals surface area contributed by atoms with Crippen LogP contribution in [0, 0.1) is 0 Å². The number of aliphatic hydroxyl groups excluding tert-OH is 1. The zero-order valence-corrected chi connectivity index (χ0v) is 9.82. The van der Waals surface area contributed by atoms with Gasteiger partial charge >= 0.3 is 0 Å². The Balaban J connectivity index is 2.65. The van der Waals surface area contributed by atoms with Crippen LogP contribution in [0.15, 0.2) is 22.8 Å². The molecule has 0 aliphatic carbocycles. The highest BCUT2D eigenvalue weighted by Crippen LogP contribution is 2.14. The van der Waals surface area contributed by atoms with Crippen LogP contribution in [0.5, 0.6) is 0 Å². The normalized spacial score (nSPS) is 14.1. The maximum absolute atomic E-state index is 9.61. The molecule has 0 bridgehead atoms. The summed E-state index contributed by atoms with van der Waals surface area (Å²) in [5, 5.41) is 19.1. The van der Waals surface area contributed by atoms with Crippen molar-refractivity contribution in [2.45, 2.75) is 32.0 Å². The molecule has 2 N–H and O–H groups in total. The summed E-state index contributed by atoms with van der Waals surface area (Å²) in [6.45, 7) is 3.16. The van der Waals surface area contributed by atoms with Gasteiger partial charge in [0.2, 0.25) is 0 Å². The van der Waals surface area contributed by atoms with E-state index in [1.165, 1.54) is 0 Å². The third-order valence-electron chi connectivity index (χ3n) is 2.01. The van der Waals surface area contributed by atoms with Crippen LogP contribution in [0.1, 0.15) is 19.5 Å². The van der Waals surface area contributed by atoms with E-state index < -0.39 is 11.7 Å². The fraction of sp³-hybridized carbons (Fsp3) is 0.500. The third kappa shape index (κ3) is 3.36. The van der Waals surface area contributed by atoms with Gasteiger partial charge in [0.15, 0.2) is 0 Å². The van der Waals surface area contributed by atoms with Crippen LogP contribution in [0.2, 0.25) is 0 Å². The molecule has 4 heteroatoms. The predicted octanol–water partition coefficient (Wildman–Crippen LogP) is 1.52. The molecule has 0 radical (unpaired) electrons. The molecule has 1 atom stereocenters. The van der Waals surface area contributed by atoms with Gasteiger partial charge < -0.3 is 10.2 Å². The van der Waals surface area contributed by atoms with E-state index in [2.05, 4.69) is 20.9 Å². The van der Waals surface area contributed by atoms with E-state index in [1.54, 1.807) is 20.0 Å². The first kappa shape index (κ1) is 11.6. The van der Waals surface area contributed by atoms with Gasteiger partial charge in [-0.15, -0.1) is 0 Å². The van der Waals surface area contributed by atoms with Gasteiger partial charge in [0.25, 0.3) is 0 Å². The standard InChI is InChI=1S/C10H14BrNO2/c1-10(2,14)9(13)5-8-4-3-7(11)6-12-8/h3-4,6,9,13-14H,5H2,1-2H3. The summed E-state index contributed by atoms with van der Waals surface area (Å²) < 4.78 is 0.902. The van der Waals surface area contributed by atoms with Gasteiger partial charge in [0.1, 0.15) is 0 Å². The molecule has 1 aromatic rings. The quantitative estimate of drug-likeness (QED) is 0.866. The lowest BCUT2D eigenvalue weighted by Crippen LogP contribution is -2.37. The lowest BCUT2D eigenvalue weighted by atomic mass is 9.97. The molecule has 1 rings (SSSR count). The molecule has 1 aromatic heterocycles. The van der Waals surface area contributed by atoms with E-state index in [0.29, 0.717) is 6.42 Å². The Morgan fingerprint density at radius 2 is 2.14 bits per heavy atom. The van der Waals surface area contributed by atoms with Crippen molar-refractivity contribution in [3.63, 3.8) is 0 Å². The number of aromatic nitrogens is 1. The second-order valence-electron chi connectivity index (χ2n) is 3.84. The lowest BCUT2D eigenvalue weighted by molar-refractivity contribution is -0.0473. The van der Waals surface area contributed by atoms with Crippen molar-refractivity contribution >= 4 is 15.9 Å². The Bertz CT molecular complexity index is 292. The topological polar surface area (TPSA) is 53.4 Å². The Morgan fingerprint density at radius 3 is 2.57 bits per heavy atom. The minimum atomic E-state index is -1.09. The molecule has 78 valence electrons. The van der Waals surface area contributed by atoms with Gasteiger partial charge in [-0.2, -0.15) is 0 Å². The Hall–Kier alpha value is -0.450. The molecule has 0 spiro atoms. The van der Waals surface area contributed by atoms with E-state index in [-0.39, 0.29) is 0 Å².